The van der Waals surface area contributed by atoms with Crippen LogP contribution in [-0.4, -0.2) is 61.0 Å². The second-order valence-corrected chi connectivity index (χ2v) is 8.37. The van der Waals surface area contributed by atoms with E-state index >= 15 is 0 Å². The molecule has 1 unspecified atom stereocenters. The average Bonchev–Trinajstić information content (AvgIpc) is 3.36. The van der Waals surface area contributed by atoms with Gasteiger partial charge in [-0.2, -0.15) is 0 Å². The van der Waals surface area contributed by atoms with Gasteiger partial charge in [-0.1, -0.05) is 6.07 Å². The van der Waals surface area contributed by atoms with Crippen LogP contribution in [0, 0.1) is 5.41 Å². The number of carbonyl (C=O) groups excluding carboxylic acids is 1. The van der Waals surface area contributed by atoms with E-state index < -0.39 is 0 Å². The molecule has 0 radical (unpaired) electrons. The highest BCUT2D eigenvalue weighted by atomic mass is 127. The number of amides is 1. The minimum atomic E-state index is 0. The van der Waals surface area contributed by atoms with Gasteiger partial charge in [0.25, 0.3) is 0 Å². The number of hydrogen-bond donors (Lipinski definition) is 2. The van der Waals surface area contributed by atoms with Gasteiger partial charge < -0.3 is 20.4 Å². The number of likely N-dealkylation sites (tertiary alicyclic amines) is 1. The number of nitrogens with zero attached hydrogens (tertiary/aromatic N) is 4. The van der Waals surface area contributed by atoms with E-state index in [1.165, 1.54) is 12.8 Å². The van der Waals surface area contributed by atoms with Crippen molar-refractivity contribution >= 4 is 41.7 Å². The third kappa shape index (κ3) is 5.32. The molecule has 1 amide bonds. The number of nitrogens with one attached hydrogen (secondary N) is 2. The molecule has 3 saturated heterocycles. The SMILES string of the molecule is CCNC(=NCc1ccc(N2CCCC2)nc1)N1CCCC2(CNC(=O)C2)C1.I. The Kier molecular flexibility index (Phi) is 7.59. The summed E-state index contributed by atoms with van der Waals surface area (Å²) < 4.78 is 0. The lowest BCUT2D eigenvalue weighted by molar-refractivity contribution is -0.119. The van der Waals surface area contributed by atoms with Crippen molar-refractivity contribution in [3.05, 3.63) is 23.9 Å². The highest BCUT2D eigenvalue weighted by molar-refractivity contribution is 14.0. The molecule has 0 aliphatic carbocycles. The fourth-order valence-electron chi connectivity index (χ4n) is 4.66. The minimum Gasteiger partial charge on any atom is -0.357 e. The predicted molar refractivity (Wildman–Crippen MR) is 127 cm³/mol. The van der Waals surface area contributed by atoms with Gasteiger partial charge in [0.05, 0.1) is 6.54 Å². The minimum absolute atomic E-state index is 0. The lowest BCUT2D eigenvalue weighted by atomic mass is 9.79. The van der Waals surface area contributed by atoms with Gasteiger partial charge in [-0.15, -0.1) is 24.0 Å². The molecule has 29 heavy (non-hydrogen) atoms. The quantitative estimate of drug-likeness (QED) is 0.368. The van der Waals surface area contributed by atoms with Crippen molar-refractivity contribution < 1.29 is 4.79 Å². The Balaban J connectivity index is 0.00000240. The molecule has 2 N–H and O–H groups in total. The Morgan fingerprint density at radius 2 is 2.10 bits per heavy atom. The number of halogens is 1. The first-order valence-corrected chi connectivity index (χ1v) is 10.7. The molecule has 3 aliphatic rings. The second-order valence-electron chi connectivity index (χ2n) is 8.37. The zero-order chi connectivity index (χ0) is 19.4. The van der Waals surface area contributed by atoms with Crippen molar-refractivity contribution in [2.24, 2.45) is 10.4 Å². The molecule has 160 valence electrons. The van der Waals surface area contributed by atoms with Crippen LogP contribution in [0.5, 0.6) is 0 Å². The van der Waals surface area contributed by atoms with E-state index in [0.29, 0.717) is 13.0 Å². The third-order valence-electron chi connectivity index (χ3n) is 6.14. The van der Waals surface area contributed by atoms with Gasteiger partial charge in [-0.25, -0.2) is 9.98 Å². The van der Waals surface area contributed by atoms with Crippen LogP contribution in [0.1, 0.15) is 44.6 Å². The summed E-state index contributed by atoms with van der Waals surface area (Å²) in [4.78, 5) is 26.0. The monoisotopic (exact) mass is 512 g/mol. The summed E-state index contributed by atoms with van der Waals surface area (Å²) in [5, 5.41) is 6.46. The highest BCUT2D eigenvalue weighted by Crippen LogP contribution is 2.36. The largest absolute Gasteiger partial charge is 0.357 e. The standard InChI is InChI=1S/C21H32N6O.HI/c1-2-22-20(27-11-5-8-21(16-27)12-19(28)25-15-21)24-14-17-6-7-18(23-13-17)26-9-3-4-10-26;/h6-7,13H,2-5,8-12,14-16H2,1H3,(H,22,24)(H,25,28);1H. The summed E-state index contributed by atoms with van der Waals surface area (Å²) in [5.74, 6) is 2.21. The fraction of sp³-hybridized carbons (Fsp3) is 0.667. The van der Waals surface area contributed by atoms with Crippen molar-refractivity contribution in [2.75, 3.05) is 44.2 Å². The molecule has 8 heteroatoms. The van der Waals surface area contributed by atoms with Crippen LogP contribution in [0.25, 0.3) is 0 Å². The van der Waals surface area contributed by atoms with Crippen LogP contribution in [0.2, 0.25) is 0 Å². The van der Waals surface area contributed by atoms with Gasteiger partial charge in [-0.05, 0) is 44.2 Å². The number of aliphatic imine (C=N–C) groups is 1. The lowest BCUT2D eigenvalue weighted by Gasteiger charge is -2.40. The number of hydrogen-bond acceptors (Lipinski definition) is 4. The first-order chi connectivity index (χ1) is 13.7. The van der Waals surface area contributed by atoms with Crippen LogP contribution in [0.15, 0.2) is 23.3 Å². The van der Waals surface area contributed by atoms with Crippen molar-refractivity contribution in [1.82, 2.24) is 20.5 Å². The van der Waals surface area contributed by atoms with Crippen LogP contribution in [0.3, 0.4) is 0 Å². The van der Waals surface area contributed by atoms with Crippen molar-refractivity contribution in [3.8, 4) is 0 Å². The van der Waals surface area contributed by atoms with Gasteiger partial charge in [0, 0.05) is 57.3 Å². The molecule has 7 nitrogen and oxygen atoms in total. The average molecular weight is 512 g/mol. The summed E-state index contributed by atoms with van der Waals surface area (Å²) in [6.07, 6.45) is 7.34. The molecule has 1 atom stereocenters. The molecular formula is C21H33IN6O. The maximum atomic E-state index is 11.8. The van der Waals surface area contributed by atoms with Gasteiger partial charge in [0.2, 0.25) is 5.91 Å². The Bertz CT molecular complexity index is 718. The van der Waals surface area contributed by atoms with E-state index in [4.69, 9.17) is 4.99 Å². The van der Waals surface area contributed by atoms with E-state index in [-0.39, 0.29) is 35.3 Å². The summed E-state index contributed by atoms with van der Waals surface area (Å²) >= 11 is 0. The van der Waals surface area contributed by atoms with Gasteiger partial charge in [-0.3, -0.25) is 4.79 Å². The fourth-order valence-corrected chi connectivity index (χ4v) is 4.66. The summed E-state index contributed by atoms with van der Waals surface area (Å²) in [7, 11) is 0. The molecule has 0 bridgehead atoms. The topological polar surface area (TPSA) is 72.9 Å². The number of carbonyl (C=O) groups is 1. The van der Waals surface area contributed by atoms with E-state index in [2.05, 4.69) is 44.5 Å². The smallest absolute Gasteiger partial charge is 0.220 e. The summed E-state index contributed by atoms with van der Waals surface area (Å²) in [6, 6.07) is 4.26. The summed E-state index contributed by atoms with van der Waals surface area (Å²) in [6.45, 7) is 8.47. The number of pyridine rings is 1. The zero-order valence-corrected chi connectivity index (χ0v) is 19.7. The molecule has 4 heterocycles. The van der Waals surface area contributed by atoms with Crippen molar-refractivity contribution in [3.63, 3.8) is 0 Å². The lowest BCUT2D eigenvalue weighted by Crippen LogP contribution is -2.51. The number of aromatic nitrogens is 1. The molecule has 0 saturated carbocycles. The van der Waals surface area contributed by atoms with Crippen LogP contribution in [-0.2, 0) is 11.3 Å². The molecular weight excluding hydrogens is 479 g/mol. The van der Waals surface area contributed by atoms with Gasteiger partial charge >= 0.3 is 0 Å². The zero-order valence-electron chi connectivity index (χ0n) is 17.3. The van der Waals surface area contributed by atoms with Crippen LogP contribution >= 0.6 is 24.0 Å². The molecule has 1 aromatic heterocycles. The van der Waals surface area contributed by atoms with E-state index in [0.717, 1.165) is 69.5 Å². The number of guanidine groups is 1. The number of piperidine rings is 1. The maximum Gasteiger partial charge on any atom is 0.220 e. The second kappa shape index (κ2) is 9.95. The molecule has 1 aromatic rings. The summed E-state index contributed by atoms with van der Waals surface area (Å²) in [5.41, 5.74) is 1.20. The molecule has 1 spiro atoms. The van der Waals surface area contributed by atoms with Crippen LogP contribution < -0.4 is 15.5 Å². The molecule has 3 fully saturated rings. The maximum absolute atomic E-state index is 11.8. The predicted octanol–water partition coefficient (Wildman–Crippen LogP) is 2.37. The van der Waals surface area contributed by atoms with E-state index in [1.54, 1.807) is 0 Å². The van der Waals surface area contributed by atoms with Gasteiger partial charge in [0.15, 0.2) is 5.96 Å². The Morgan fingerprint density at radius 1 is 1.28 bits per heavy atom. The Labute approximate surface area is 190 Å². The van der Waals surface area contributed by atoms with E-state index in [9.17, 15) is 4.79 Å². The van der Waals surface area contributed by atoms with Crippen molar-refractivity contribution in [1.29, 1.82) is 0 Å². The van der Waals surface area contributed by atoms with Crippen molar-refractivity contribution in [2.45, 2.75) is 45.6 Å². The molecule has 3 aliphatic heterocycles. The Hall–Kier alpha value is -1.58. The normalized spacial score (nSPS) is 24.6. The number of rotatable bonds is 4. The first kappa shape index (κ1) is 22.1. The third-order valence-corrected chi connectivity index (χ3v) is 6.14. The van der Waals surface area contributed by atoms with Gasteiger partial charge in [0.1, 0.15) is 5.82 Å². The van der Waals surface area contributed by atoms with Crippen LogP contribution in [0.4, 0.5) is 5.82 Å². The Morgan fingerprint density at radius 3 is 2.76 bits per heavy atom. The molecule has 4 rings (SSSR count). The van der Waals surface area contributed by atoms with E-state index in [1.807, 2.05) is 6.20 Å². The number of anilines is 1. The molecule has 0 aromatic carbocycles. The first-order valence-electron chi connectivity index (χ1n) is 10.7. The highest BCUT2D eigenvalue weighted by Gasteiger charge is 2.42.